The van der Waals surface area contributed by atoms with Crippen molar-refractivity contribution < 1.29 is 23.8 Å². The van der Waals surface area contributed by atoms with Gasteiger partial charge in [-0.2, -0.15) is 0 Å². The zero-order valence-electron chi connectivity index (χ0n) is 20.4. The predicted octanol–water partition coefficient (Wildman–Crippen LogP) is 5.44. The molecule has 2 aromatic carbocycles. The lowest BCUT2D eigenvalue weighted by atomic mass is 9.70. The van der Waals surface area contributed by atoms with Crippen LogP contribution in [0.5, 0.6) is 11.5 Å². The second-order valence-electron chi connectivity index (χ2n) is 9.80. The number of fused-ring (bicyclic) bond motifs is 2. The molecule has 34 heavy (non-hydrogen) atoms. The van der Waals surface area contributed by atoms with Gasteiger partial charge in [-0.3, -0.25) is 9.78 Å². The minimum atomic E-state index is -0.495. The fourth-order valence-electron chi connectivity index (χ4n) is 4.67. The first-order chi connectivity index (χ1) is 16.2. The van der Waals surface area contributed by atoms with E-state index in [1.807, 2.05) is 24.3 Å². The van der Waals surface area contributed by atoms with Crippen LogP contribution in [-0.2, 0) is 17.6 Å². The molecule has 1 aliphatic rings. The average Bonchev–Trinajstić information content (AvgIpc) is 2.84. The van der Waals surface area contributed by atoms with Gasteiger partial charge in [-0.25, -0.2) is 4.79 Å². The van der Waals surface area contributed by atoms with E-state index in [4.69, 9.17) is 19.2 Å². The molecule has 0 saturated carbocycles. The van der Waals surface area contributed by atoms with Gasteiger partial charge in [0.1, 0.15) is 11.5 Å². The van der Waals surface area contributed by atoms with Gasteiger partial charge in [0.25, 0.3) is 0 Å². The molecule has 178 valence electrons. The first-order valence-corrected chi connectivity index (χ1v) is 11.6. The molecular weight excluding hydrogens is 430 g/mol. The van der Waals surface area contributed by atoms with Crippen LogP contribution in [0.15, 0.2) is 42.5 Å². The van der Waals surface area contributed by atoms with Crippen molar-refractivity contribution in [3.05, 3.63) is 64.8 Å². The second-order valence-corrected chi connectivity index (χ2v) is 9.80. The van der Waals surface area contributed by atoms with Crippen molar-refractivity contribution in [2.24, 2.45) is 11.3 Å². The highest BCUT2D eigenvalue weighted by Gasteiger charge is 2.33. The highest BCUT2D eigenvalue weighted by atomic mass is 16.5. The summed E-state index contributed by atoms with van der Waals surface area (Å²) in [5.74, 6) is 0.548. The summed E-state index contributed by atoms with van der Waals surface area (Å²) in [7, 11) is 3.03. The SMILES string of the molecule is COc1ccc(C(=O)COC(=O)c2c3c(nc4ccccc24)CCC(C(C)(C)C)C3)c(OC)c1. The molecule has 3 aromatic rings. The molecule has 1 aromatic heterocycles. The third-order valence-corrected chi connectivity index (χ3v) is 6.73. The van der Waals surface area contributed by atoms with Crippen LogP contribution in [0.25, 0.3) is 10.9 Å². The van der Waals surface area contributed by atoms with E-state index in [-0.39, 0.29) is 17.8 Å². The van der Waals surface area contributed by atoms with E-state index in [0.29, 0.717) is 28.5 Å². The molecule has 0 N–H and O–H groups in total. The van der Waals surface area contributed by atoms with Crippen LogP contribution in [-0.4, -0.2) is 37.6 Å². The minimum absolute atomic E-state index is 0.116. The Balaban J connectivity index is 1.65. The zero-order valence-corrected chi connectivity index (χ0v) is 20.4. The molecule has 1 unspecified atom stereocenters. The van der Waals surface area contributed by atoms with Crippen LogP contribution in [0, 0.1) is 11.3 Å². The number of aromatic nitrogens is 1. The van der Waals surface area contributed by atoms with Gasteiger partial charge >= 0.3 is 5.97 Å². The number of benzene rings is 2. The molecule has 0 bridgehead atoms. The molecule has 0 saturated heterocycles. The second kappa shape index (κ2) is 9.45. The van der Waals surface area contributed by atoms with Gasteiger partial charge in [-0.1, -0.05) is 39.0 Å². The summed E-state index contributed by atoms with van der Waals surface area (Å²) >= 11 is 0. The van der Waals surface area contributed by atoms with Gasteiger partial charge < -0.3 is 14.2 Å². The van der Waals surface area contributed by atoms with E-state index in [9.17, 15) is 9.59 Å². The Morgan fingerprint density at radius 1 is 1.06 bits per heavy atom. The standard InChI is InChI=1S/C28H31NO5/c1-28(2,3)17-10-13-23-21(14-17)26(19-8-6-7-9-22(19)29-23)27(31)34-16-24(30)20-12-11-18(32-4)15-25(20)33-5/h6-9,11-12,15,17H,10,13-14,16H2,1-5H3. The number of ketones is 1. The van der Waals surface area contributed by atoms with E-state index in [2.05, 4.69) is 20.8 Å². The summed E-state index contributed by atoms with van der Waals surface area (Å²) in [6.07, 6.45) is 2.62. The number of aryl methyl sites for hydroxylation is 1. The third-order valence-electron chi connectivity index (χ3n) is 6.73. The monoisotopic (exact) mass is 461 g/mol. The average molecular weight is 462 g/mol. The summed E-state index contributed by atoms with van der Waals surface area (Å²) in [4.78, 5) is 31.2. The zero-order chi connectivity index (χ0) is 24.5. The molecule has 0 fully saturated rings. The van der Waals surface area contributed by atoms with Crippen molar-refractivity contribution in [1.82, 2.24) is 4.98 Å². The molecule has 1 atom stereocenters. The van der Waals surface area contributed by atoms with Crippen LogP contribution in [0.2, 0.25) is 0 Å². The number of pyridine rings is 1. The van der Waals surface area contributed by atoms with E-state index < -0.39 is 5.97 Å². The van der Waals surface area contributed by atoms with Gasteiger partial charge in [0.15, 0.2) is 6.61 Å². The Kier molecular flexibility index (Phi) is 6.60. The molecule has 1 heterocycles. The minimum Gasteiger partial charge on any atom is -0.497 e. The summed E-state index contributed by atoms with van der Waals surface area (Å²) in [5.41, 5.74) is 3.66. The van der Waals surface area contributed by atoms with Crippen LogP contribution in [0.4, 0.5) is 0 Å². The number of hydrogen-bond acceptors (Lipinski definition) is 6. The fraction of sp³-hybridized carbons (Fsp3) is 0.393. The van der Waals surface area contributed by atoms with E-state index in [1.54, 1.807) is 25.3 Å². The maximum atomic E-state index is 13.4. The Labute approximate surface area is 200 Å². The van der Waals surface area contributed by atoms with Crippen LogP contribution < -0.4 is 9.47 Å². The topological polar surface area (TPSA) is 74.7 Å². The first kappa shape index (κ1) is 23.7. The Hall–Kier alpha value is -3.41. The number of esters is 1. The number of nitrogens with zero attached hydrogens (tertiary/aromatic N) is 1. The smallest absolute Gasteiger partial charge is 0.339 e. The Bertz CT molecular complexity index is 1240. The molecule has 1 aliphatic carbocycles. The van der Waals surface area contributed by atoms with Crippen LogP contribution in [0.3, 0.4) is 0 Å². The summed E-state index contributed by atoms with van der Waals surface area (Å²) in [6, 6.07) is 12.5. The summed E-state index contributed by atoms with van der Waals surface area (Å²) in [6.45, 7) is 6.32. The number of methoxy groups -OCH3 is 2. The number of carbonyl (C=O) groups excluding carboxylic acids is 2. The normalized spacial score (nSPS) is 15.5. The maximum Gasteiger partial charge on any atom is 0.339 e. The lowest BCUT2D eigenvalue weighted by molar-refractivity contribution is 0.0473. The van der Waals surface area contributed by atoms with Crippen LogP contribution in [0.1, 0.15) is 59.2 Å². The molecule has 0 amide bonds. The van der Waals surface area contributed by atoms with Gasteiger partial charge in [0.2, 0.25) is 5.78 Å². The number of Topliss-reactive ketones (excluding diaryl/α,β-unsaturated/α-hetero) is 1. The summed E-state index contributed by atoms with van der Waals surface area (Å²) < 4.78 is 16.1. The number of para-hydroxylation sites is 1. The third kappa shape index (κ3) is 4.63. The van der Waals surface area contributed by atoms with E-state index in [1.165, 1.54) is 7.11 Å². The quantitative estimate of drug-likeness (QED) is 0.359. The van der Waals surface area contributed by atoms with Crippen molar-refractivity contribution >= 4 is 22.7 Å². The largest absolute Gasteiger partial charge is 0.497 e. The van der Waals surface area contributed by atoms with E-state index >= 15 is 0 Å². The maximum absolute atomic E-state index is 13.4. The Morgan fingerprint density at radius 3 is 2.53 bits per heavy atom. The first-order valence-electron chi connectivity index (χ1n) is 11.6. The van der Waals surface area contributed by atoms with E-state index in [0.717, 1.165) is 41.4 Å². The predicted molar refractivity (Wildman–Crippen MR) is 131 cm³/mol. The molecule has 4 rings (SSSR count). The fourth-order valence-corrected chi connectivity index (χ4v) is 4.67. The highest BCUT2D eigenvalue weighted by Crippen LogP contribution is 2.39. The number of ether oxygens (including phenoxy) is 3. The van der Waals surface area contributed by atoms with Crippen molar-refractivity contribution in [2.75, 3.05) is 20.8 Å². The molecule has 0 spiro atoms. The summed E-state index contributed by atoms with van der Waals surface area (Å²) in [5, 5.41) is 0.760. The van der Waals surface area contributed by atoms with Crippen molar-refractivity contribution in [3.63, 3.8) is 0 Å². The van der Waals surface area contributed by atoms with Gasteiger partial charge in [0, 0.05) is 17.1 Å². The van der Waals surface area contributed by atoms with Crippen molar-refractivity contribution in [2.45, 2.75) is 40.0 Å². The highest BCUT2D eigenvalue weighted by molar-refractivity contribution is 6.07. The Morgan fingerprint density at radius 2 is 1.82 bits per heavy atom. The van der Waals surface area contributed by atoms with Crippen molar-refractivity contribution in [1.29, 1.82) is 0 Å². The van der Waals surface area contributed by atoms with Gasteiger partial charge in [0.05, 0.1) is 30.9 Å². The molecule has 0 radical (unpaired) electrons. The lowest BCUT2D eigenvalue weighted by Crippen LogP contribution is -2.29. The van der Waals surface area contributed by atoms with Gasteiger partial charge in [-0.15, -0.1) is 0 Å². The number of carbonyl (C=O) groups is 2. The number of hydrogen-bond donors (Lipinski definition) is 0. The molecule has 6 heteroatoms. The van der Waals surface area contributed by atoms with Crippen molar-refractivity contribution in [3.8, 4) is 11.5 Å². The number of rotatable bonds is 6. The van der Waals surface area contributed by atoms with Crippen LogP contribution >= 0.6 is 0 Å². The van der Waals surface area contributed by atoms with Gasteiger partial charge in [-0.05, 0) is 54.4 Å². The molecule has 0 aliphatic heterocycles. The molecular formula is C28H31NO5. The molecule has 6 nitrogen and oxygen atoms in total. The lowest BCUT2D eigenvalue weighted by Gasteiger charge is -2.35.